The van der Waals surface area contributed by atoms with E-state index in [1.807, 2.05) is 54.4 Å². The Kier molecular flexibility index (Phi) is 4.28. The molecule has 0 unspecified atom stereocenters. The molecule has 0 saturated heterocycles. The fourth-order valence-electron chi connectivity index (χ4n) is 4.16. The van der Waals surface area contributed by atoms with E-state index in [9.17, 15) is 10.2 Å². The van der Waals surface area contributed by atoms with Crippen LogP contribution in [0.2, 0.25) is 0 Å². The zero-order valence-electron chi connectivity index (χ0n) is 16.7. The molecule has 0 aliphatic carbocycles. The largest absolute Gasteiger partial charge is 0.507 e. The molecule has 0 saturated carbocycles. The lowest BCUT2D eigenvalue weighted by Crippen LogP contribution is -2.33. The van der Waals surface area contributed by atoms with Crippen molar-refractivity contribution in [2.75, 3.05) is 7.11 Å². The van der Waals surface area contributed by atoms with E-state index in [2.05, 4.69) is 0 Å². The van der Waals surface area contributed by atoms with E-state index >= 15 is 0 Å². The smallest absolute Gasteiger partial charge is 0.214 e. The predicted molar refractivity (Wildman–Crippen MR) is 113 cm³/mol. The fourth-order valence-corrected chi connectivity index (χ4v) is 4.16. The number of hydrogen-bond acceptors (Lipinski definition) is 6. The lowest BCUT2D eigenvalue weighted by Gasteiger charge is -2.38. The van der Waals surface area contributed by atoms with Crippen molar-refractivity contribution in [3.8, 4) is 23.0 Å². The number of methoxy groups -OCH3 is 1. The van der Waals surface area contributed by atoms with E-state index in [1.165, 1.54) is 7.11 Å². The van der Waals surface area contributed by atoms with Crippen LogP contribution in [0.25, 0.3) is 0 Å². The molecule has 2 N–H and O–H groups in total. The van der Waals surface area contributed by atoms with Crippen molar-refractivity contribution in [3.05, 3.63) is 82.9 Å². The molecular weight excluding hydrogens is 380 g/mol. The van der Waals surface area contributed by atoms with Crippen LogP contribution in [0.15, 0.2) is 65.8 Å². The van der Waals surface area contributed by atoms with Gasteiger partial charge in [-0.25, -0.2) is 5.01 Å². The standard InChI is InChI=1S/C24H22N2O4/c1-14-7-9-20(27)17(11-14)18-13-19-16-5-3-4-6-22(16)30-24(26(19)25-18)15-8-10-23(29-2)21(28)12-15/h3-12,19,24,27-28H,13H2,1-2H3/t19-,24+/m0/s1. The first kappa shape index (κ1) is 18.4. The Morgan fingerprint density at radius 3 is 2.67 bits per heavy atom. The molecule has 0 fully saturated rings. The van der Waals surface area contributed by atoms with E-state index in [4.69, 9.17) is 14.6 Å². The van der Waals surface area contributed by atoms with E-state index in [0.717, 1.165) is 33.7 Å². The van der Waals surface area contributed by atoms with Crippen LogP contribution in [0, 0.1) is 6.92 Å². The molecule has 6 nitrogen and oxygen atoms in total. The number of hydrazone groups is 1. The minimum Gasteiger partial charge on any atom is -0.507 e. The third-order valence-electron chi connectivity index (χ3n) is 5.65. The topological polar surface area (TPSA) is 74.5 Å². The quantitative estimate of drug-likeness (QED) is 0.667. The van der Waals surface area contributed by atoms with Gasteiger partial charge in [0.1, 0.15) is 11.5 Å². The van der Waals surface area contributed by atoms with Crippen molar-refractivity contribution in [2.24, 2.45) is 5.10 Å². The number of ether oxygens (including phenoxy) is 2. The first-order chi connectivity index (χ1) is 14.5. The van der Waals surface area contributed by atoms with Crippen LogP contribution in [0.1, 0.15) is 40.9 Å². The van der Waals surface area contributed by atoms with Gasteiger partial charge in [-0.1, -0.05) is 29.8 Å². The molecule has 5 rings (SSSR count). The van der Waals surface area contributed by atoms with Crippen molar-refractivity contribution in [2.45, 2.75) is 25.6 Å². The Morgan fingerprint density at radius 1 is 1.03 bits per heavy atom. The summed E-state index contributed by atoms with van der Waals surface area (Å²) in [6.07, 6.45) is 0.141. The van der Waals surface area contributed by atoms with E-state index in [0.29, 0.717) is 12.2 Å². The highest BCUT2D eigenvalue weighted by atomic mass is 16.5. The van der Waals surface area contributed by atoms with Gasteiger partial charge in [0.2, 0.25) is 6.23 Å². The van der Waals surface area contributed by atoms with Crippen molar-refractivity contribution < 1.29 is 19.7 Å². The molecule has 0 aromatic heterocycles. The third-order valence-corrected chi connectivity index (χ3v) is 5.65. The summed E-state index contributed by atoms with van der Waals surface area (Å²) in [4.78, 5) is 0. The summed E-state index contributed by atoms with van der Waals surface area (Å²) in [7, 11) is 1.52. The number of nitrogens with zero attached hydrogens (tertiary/aromatic N) is 2. The molecule has 2 heterocycles. The molecule has 3 aromatic rings. The number of fused-ring (bicyclic) bond motifs is 3. The highest BCUT2D eigenvalue weighted by Crippen LogP contribution is 2.48. The summed E-state index contributed by atoms with van der Waals surface area (Å²) < 4.78 is 11.5. The van der Waals surface area contributed by atoms with Gasteiger partial charge < -0.3 is 19.7 Å². The van der Waals surface area contributed by atoms with E-state index < -0.39 is 6.23 Å². The summed E-state index contributed by atoms with van der Waals surface area (Å²) in [5.74, 6) is 1.46. The molecular formula is C24H22N2O4. The first-order valence-corrected chi connectivity index (χ1v) is 9.83. The number of hydrogen-bond donors (Lipinski definition) is 2. The second kappa shape index (κ2) is 6.99. The van der Waals surface area contributed by atoms with E-state index in [1.54, 1.807) is 18.2 Å². The molecule has 3 aromatic carbocycles. The highest BCUT2D eigenvalue weighted by Gasteiger charge is 2.41. The van der Waals surface area contributed by atoms with Gasteiger partial charge in [0.15, 0.2) is 11.5 Å². The molecule has 2 aliphatic heterocycles. The van der Waals surface area contributed by atoms with Crippen molar-refractivity contribution in [1.82, 2.24) is 5.01 Å². The van der Waals surface area contributed by atoms with Gasteiger partial charge in [0.05, 0.1) is 18.9 Å². The SMILES string of the molecule is COc1ccc([C@H]2Oc3ccccc3[C@@H]3CC(c4cc(C)ccc4O)=NN23)cc1O. The van der Waals surface area contributed by atoms with Crippen LogP contribution < -0.4 is 9.47 Å². The minimum absolute atomic E-state index is 0.0286. The Labute approximate surface area is 174 Å². The molecule has 2 atom stereocenters. The van der Waals surface area contributed by atoms with Gasteiger partial charge in [-0.3, -0.25) is 0 Å². The van der Waals surface area contributed by atoms with Gasteiger partial charge >= 0.3 is 0 Å². The molecule has 6 heteroatoms. The zero-order valence-corrected chi connectivity index (χ0v) is 16.7. The summed E-state index contributed by atoms with van der Waals surface area (Å²) >= 11 is 0. The summed E-state index contributed by atoms with van der Waals surface area (Å²) in [5, 5.41) is 27.5. The number of aromatic hydroxyl groups is 2. The van der Waals surface area contributed by atoms with Crippen molar-refractivity contribution in [3.63, 3.8) is 0 Å². The molecule has 0 amide bonds. The number of benzene rings is 3. The maximum absolute atomic E-state index is 10.4. The van der Waals surface area contributed by atoms with Crippen LogP contribution in [-0.2, 0) is 0 Å². The van der Waals surface area contributed by atoms with Crippen LogP contribution in [0.5, 0.6) is 23.0 Å². The van der Waals surface area contributed by atoms with Crippen LogP contribution in [-0.4, -0.2) is 28.0 Å². The average molecular weight is 402 g/mol. The Balaban J connectivity index is 1.61. The molecule has 30 heavy (non-hydrogen) atoms. The third kappa shape index (κ3) is 2.92. The summed E-state index contributed by atoms with van der Waals surface area (Å²) in [6, 6.07) is 18.7. The number of rotatable bonds is 3. The zero-order chi connectivity index (χ0) is 20.8. The average Bonchev–Trinajstić information content (AvgIpc) is 3.20. The monoisotopic (exact) mass is 402 g/mol. The Morgan fingerprint density at radius 2 is 1.87 bits per heavy atom. The Bertz CT molecular complexity index is 1160. The van der Waals surface area contributed by atoms with Crippen LogP contribution in [0.4, 0.5) is 0 Å². The number of aryl methyl sites for hydroxylation is 1. The number of phenols is 2. The highest BCUT2D eigenvalue weighted by molar-refractivity contribution is 6.04. The lowest BCUT2D eigenvalue weighted by molar-refractivity contribution is -0.0191. The van der Waals surface area contributed by atoms with Gasteiger partial charge in [-0.05, 0) is 43.3 Å². The van der Waals surface area contributed by atoms with E-state index in [-0.39, 0.29) is 17.5 Å². The number of phenolic OH excluding ortho intramolecular Hbond substituents is 2. The maximum Gasteiger partial charge on any atom is 0.214 e. The molecule has 0 radical (unpaired) electrons. The number of para-hydroxylation sites is 1. The lowest BCUT2D eigenvalue weighted by atomic mass is 9.95. The van der Waals surface area contributed by atoms with Gasteiger partial charge in [0, 0.05) is 23.1 Å². The molecule has 2 aliphatic rings. The van der Waals surface area contributed by atoms with Gasteiger partial charge in [-0.15, -0.1) is 0 Å². The second-order valence-electron chi connectivity index (χ2n) is 7.61. The van der Waals surface area contributed by atoms with Crippen LogP contribution in [0.3, 0.4) is 0 Å². The van der Waals surface area contributed by atoms with Crippen LogP contribution >= 0.6 is 0 Å². The van der Waals surface area contributed by atoms with Gasteiger partial charge in [-0.2, -0.15) is 5.10 Å². The minimum atomic E-state index is -0.508. The predicted octanol–water partition coefficient (Wildman–Crippen LogP) is 4.66. The summed E-state index contributed by atoms with van der Waals surface area (Å²) in [6.45, 7) is 1.99. The second-order valence-corrected chi connectivity index (χ2v) is 7.61. The normalized spacial score (nSPS) is 19.5. The molecule has 0 bridgehead atoms. The Hall–Kier alpha value is -3.67. The molecule has 152 valence electrons. The van der Waals surface area contributed by atoms with Crippen molar-refractivity contribution >= 4 is 5.71 Å². The molecule has 0 spiro atoms. The van der Waals surface area contributed by atoms with Gasteiger partial charge in [0.25, 0.3) is 0 Å². The maximum atomic E-state index is 10.4. The summed E-state index contributed by atoms with van der Waals surface area (Å²) in [5.41, 5.74) is 4.43. The van der Waals surface area contributed by atoms with Crippen molar-refractivity contribution in [1.29, 1.82) is 0 Å². The first-order valence-electron chi connectivity index (χ1n) is 9.83. The fraction of sp³-hybridized carbons (Fsp3) is 0.208.